The first-order chi connectivity index (χ1) is 10.8. The van der Waals surface area contributed by atoms with Gasteiger partial charge in [-0.2, -0.15) is 0 Å². The summed E-state index contributed by atoms with van der Waals surface area (Å²) in [5.74, 6) is 2.85. The minimum Gasteiger partial charge on any atom is -0.378 e. The van der Waals surface area contributed by atoms with E-state index in [4.69, 9.17) is 9.72 Å². The number of hydrogen-bond acceptors (Lipinski definition) is 5. The smallest absolute Gasteiger partial charge is 0.141 e. The lowest BCUT2D eigenvalue weighted by atomic mass is 9.90. The van der Waals surface area contributed by atoms with Crippen LogP contribution in [0.3, 0.4) is 0 Å². The molecule has 0 saturated carbocycles. The normalized spacial score (nSPS) is 23.5. The number of nitrogens with zero attached hydrogens (tertiary/aromatic N) is 3. The van der Waals surface area contributed by atoms with Gasteiger partial charge in [-0.05, 0) is 43.0 Å². The van der Waals surface area contributed by atoms with E-state index in [1.54, 1.807) is 11.3 Å². The van der Waals surface area contributed by atoms with Crippen molar-refractivity contribution in [2.45, 2.75) is 45.1 Å². The minimum atomic E-state index is 0.514. The first-order valence-electron chi connectivity index (χ1n) is 8.46. The van der Waals surface area contributed by atoms with Gasteiger partial charge in [0, 0.05) is 26.1 Å². The van der Waals surface area contributed by atoms with Crippen LogP contribution in [-0.2, 0) is 11.2 Å². The van der Waals surface area contributed by atoms with E-state index in [2.05, 4.69) is 28.3 Å². The maximum Gasteiger partial charge on any atom is 0.141 e. The van der Waals surface area contributed by atoms with Gasteiger partial charge in [-0.25, -0.2) is 9.97 Å². The van der Waals surface area contributed by atoms with Crippen molar-refractivity contribution in [1.29, 1.82) is 0 Å². The Kier molecular flexibility index (Phi) is 4.01. The van der Waals surface area contributed by atoms with Crippen molar-refractivity contribution < 1.29 is 4.74 Å². The Morgan fingerprint density at radius 2 is 2.14 bits per heavy atom. The molecule has 1 unspecified atom stereocenters. The molecule has 0 radical (unpaired) electrons. The first kappa shape index (κ1) is 14.4. The third-order valence-electron chi connectivity index (χ3n) is 5.00. The van der Waals surface area contributed by atoms with Crippen LogP contribution >= 0.6 is 11.3 Å². The Balaban J connectivity index is 1.54. The van der Waals surface area contributed by atoms with Crippen LogP contribution < -0.4 is 4.90 Å². The zero-order chi connectivity index (χ0) is 14.9. The Morgan fingerprint density at radius 3 is 2.86 bits per heavy atom. The maximum absolute atomic E-state index is 5.89. The fourth-order valence-electron chi connectivity index (χ4n) is 3.74. The lowest BCUT2D eigenvalue weighted by Crippen LogP contribution is -2.38. The van der Waals surface area contributed by atoms with Crippen molar-refractivity contribution in [3.63, 3.8) is 0 Å². The molecule has 0 aromatic carbocycles. The standard InChI is InChI=1S/C17H23N3OS/c1-2-15-18-16(13-7-11-22-17(13)19-15)20-8-5-12(6-9-20)14-4-3-10-21-14/h7,11-12,14H,2-6,8-10H2,1H3. The zero-order valence-electron chi connectivity index (χ0n) is 13.1. The van der Waals surface area contributed by atoms with Crippen LogP contribution in [0, 0.1) is 5.92 Å². The van der Waals surface area contributed by atoms with Crippen molar-refractivity contribution in [2.24, 2.45) is 5.92 Å². The van der Waals surface area contributed by atoms with Gasteiger partial charge in [0.25, 0.3) is 0 Å². The van der Waals surface area contributed by atoms with Gasteiger partial charge in [-0.15, -0.1) is 11.3 Å². The fraction of sp³-hybridized carbons (Fsp3) is 0.647. The summed E-state index contributed by atoms with van der Waals surface area (Å²) < 4.78 is 5.89. The molecule has 2 fully saturated rings. The highest BCUT2D eigenvalue weighted by Gasteiger charge is 2.30. The van der Waals surface area contributed by atoms with Crippen LogP contribution in [0.15, 0.2) is 11.4 Å². The van der Waals surface area contributed by atoms with E-state index in [-0.39, 0.29) is 0 Å². The number of fused-ring (bicyclic) bond motifs is 1. The van der Waals surface area contributed by atoms with Gasteiger partial charge in [-0.1, -0.05) is 6.92 Å². The second-order valence-electron chi connectivity index (χ2n) is 6.33. The van der Waals surface area contributed by atoms with E-state index in [0.717, 1.165) is 48.5 Å². The number of anilines is 1. The Bertz CT molecular complexity index is 642. The van der Waals surface area contributed by atoms with Crippen molar-refractivity contribution >= 4 is 27.4 Å². The molecule has 2 saturated heterocycles. The summed E-state index contributed by atoms with van der Waals surface area (Å²) in [4.78, 5) is 13.1. The molecule has 0 N–H and O–H groups in total. The molecule has 0 aliphatic carbocycles. The molecule has 2 aromatic rings. The fourth-order valence-corrected chi connectivity index (χ4v) is 4.52. The number of hydrogen-bond donors (Lipinski definition) is 0. The Morgan fingerprint density at radius 1 is 1.27 bits per heavy atom. The molecule has 0 spiro atoms. The quantitative estimate of drug-likeness (QED) is 0.866. The summed E-state index contributed by atoms with van der Waals surface area (Å²) in [6, 6.07) is 2.17. The number of thiophene rings is 1. The molecular formula is C17H23N3OS. The number of aromatic nitrogens is 2. The molecule has 4 rings (SSSR count). The summed E-state index contributed by atoms with van der Waals surface area (Å²) in [5.41, 5.74) is 0. The van der Waals surface area contributed by atoms with Gasteiger partial charge in [0.2, 0.25) is 0 Å². The van der Waals surface area contributed by atoms with Crippen LogP contribution in [0.5, 0.6) is 0 Å². The van der Waals surface area contributed by atoms with Crippen LogP contribution in [0.1, 0.15) is 38.4 Å². The van der Waals surface area contributed by atoms with Crippen LogP contribution in [0.25, 0.3) is 10.2 Å². The van der Waals surface area contributed by atoms with Crippen LogP contribution in [0.2, 0.25) is 0 Å². The molecular weight excluding hydrogens is 294 g/mol. The average molecular weight is 317 g/mol. The summed E-state index contributed by atoms with van der Waals surface area (Å²) in [6.07, 6.45) is 6.36. The SMILES string of the molecule is CCc1nc(N2CCC(C3CCCO3)CC2)c2ccsc2n1. The molecule has 2 aliphatic heterocycles. The molecule has 1 atom stereocenters. The van der Waals surface area contributed by atoms with Crippen molar-refractivity contribution in [1.82, 2.24) is 9.97 Å². The van der Waals surface area contributed by atoms with E-state index >= 15 is 0 Å². The Labute approximate surface area is 135 Å². The first-order valence-corrected chi connectivity index (χ1v) is 9.34. The molecule has 5 heteroatoms. The Hall–Kier alpha value is -1.20. The number of aryl methyl sites for hydroxylation is 1. The topological polar surface area (TPSA) is 38.2 Å². The highest BCUT2D eigenvalue weighted by Crippen LogP contribution is 2.33. The maximum atomic E-state index is 5.89. The molecule has 2 aliphatic rings. The van der Waals surface area contributed by atoms with E-state index in [1.165, 1.54) is 31.1 Å². The summed E-state index contributed by atoms with van der Waals surface area (Å²) >= 11 is 1.72. The predicted molar refractivity (Wildman–Crippen MR) is 90.7 cm³/mol. The van der Waals surface area contributed by atoms with Gasteiger partial charge >= 0.3 is 0 Å². The second-order valence-corrected chi connectivity index (χ2v) is 7.23. The molecule has 118 valence electrons. The third kappa shape index (κ3) is 2.61. The van der Waals surface area contributed by atoms with E-state index < -0.39 is 0 Å². The molecule has 4 heterocycles. The average Bonchev–Trinajstić information content (AvgIpc) is 3.25. The summed E-state index contributed by atoms with van der Waals surface area (Å²) in [7, 11) is 0. The molecule has 2 aromatic heterocycles. The van der Waals surface area contributed by atoms with Crippen LogP contribution in [0.4, 0.5) is 5.82 Å². The molecule has 0 amide bonds. The number of ether oxygens (including phenoxy) is 1. The largest absolute Gasteiger partial charge is 0.378 e. The van der Waals surface area contributed by atoms with Gasteiger partial charge < -0.3 is 9.64 Å². The minimum absolute atomic E-state index is 0.514. The summed E-state index contributed by atoms with van der Waals surface area (Å²) in [5, 5.41) is 3.35. The highest BCUT2D eigenvalue weighted by atomic mass is 32.1. The van der Waals surface area contributed by atoms with Gasteiger partial charge in [0.1, 0.15) is 16.5 Å². The van der Waals surface area contributed by atoms with Gasteiger partial charge in [-0.3, -0.25) is 0 Å². The van der Waals surface area contributed by atoms with Crippen LogP contribution in [-0.4, -0.2) is 35.8 Å². The molecule has 22 heavy (non-hydrogen) atoms. The number of rotatable bonds is 3. The monoisotopic (exact) mass is 317 g/mol. The van der Waals surface area contributed by atoms with Crippen molar-refractivity contribution in [3.8, 4) is 0 Å². The van der Waals surface area contributed by atoms with Gasteiger partial charge in [0.05, 0.1) is 11.5 Å². The lowest BCUT2D eigenvalue weighted by molar-refractivity contribution is 0.0531. The highest BCUT2D eigenvalue weighted by molar-refractivity contribution is 7.16. The molecule has 4 nitrogen and oxygen atoms in total. The third-order valence-corrected chi connectivity index (χ3v) is 5.80. The molecule has 0 bridgehead atoms. The predicted octanol–water partition coefficient (Wildman–Crippen LogP) is 3.65. The lowest BCUT2D eigenvalue weighted by Gasteiger charge is -2.35. The van der Waals surface area contributed by atoms with E-state index in [9.17, 15) is 0 Å². The second kappa shape index (κ2) is 6.13. The number of piperidine rings is 1. The van der Waals surface area contributed by atoms with Gasteiger partial charge in [0.15, 0.2) is 0 Å². The van der Waals surface area contributed by atoms with Crippen molar-refractivity contribution in [3.05, 3.63) is 17.3 Å². The zero-order valence-corrected chi connectivity index (χ0v) is 13.9. The van der Waals surface area contributed by atoms with Crippen molar-refractivity contribution in [2.75, 3.05) is 24.6 Å². The van der Waals surface area contributed by atoms with E-state index in [1.807, 2.05) is 0 Å². The summed E-state index contributed by atoms with van der Waals surface area (Å²) in [6.45, 7) is 5.28. The van der Waals surface area contributed by atoms with E-state index in [0.29, 0.717) is 6.10 Å².